The van der Waals surface area contributed by atoms with E-state index in [-0.39, 0.29) is 12.1 Å². The van der Waals surface area contributed by atoms with Gasteiger partial charge in [-0.25, -0.2) is 4.79 Å². The highest BCUT2D eigenvalue weighted by molar-refractivity contribution is 7.10. The SMILES string of the molecule is O=C(NCC1CCCO1)Nc1snnc1-c1ccccc1. The van der Waals surface area contributed by atoms with Crippen LogP contribution in [0, 0.1) is 0 Å². The number of carbonyl (C=O) groups is 1. The van der Waals surface area contributed by atoms with Crippen LogP contribution in [0.15, 0.2) is 30.3 Å². The van der Waals surface area contributed by atoms with Gasteiger partial charge >= 0.3 is 6.03 Å². The number of hydrogen-bond donors (Lipinski definition) is 2. The zero-order valence-electron chi connectivity index (χ0n) is 11.4. The Morgan fingerprint density at radius 1 is 1.38 bits per heavy atom. The number of anilines is 1. The molecule has 1 fully saturated rings. The normalized spacial score (nSPS) is 17.6. The van der Waals surface area contributed by atoms with E-state index in [0.717, 1.165) is 25.0 Å². The maximum Gasteiger partial charge on any atom is 0.320 e. The molecule has 1 aromatic carbocycles. The molecule has 1 aromatic heterocycles. The van der Waals surface area contributed by atoms with Crippen molar-refractivity contribution in [3.8, 4) is 11.3 Å². The number of aromatic nitrogens is 2. The summed E-state index contributed by atoms with van der Waals surface area (Å²) >= 11 is 1.17. The topological polar surface area (TPSA) is 76.1 Å². The summed E-state index contributed by atoms with van der Waals surface area (Å²) in [6, 6.07) is 9.41. The predicted octanol–water partition coefficient (Wildman–Crippen LogP) is 2.51. The molecule has 110 valence electrons. The summed E-state index contributed by atoms with van der Waals surface area (Å²) < 4.78 is 9.38. The first-order chi connectivity index (χ1) is 10.3. The molecular formula is C14H16N4O2S. The lowest BCUT2D eigenvalue weighted by Crippen LogP contribution is -2.34. The van der Waals surface area contributed by atoms with Gasteiger partial charge in [-0.05, 0) is 12.8 Å². The molecule has 21 heavy (non-hydrogen) atoms. The Morgan fingerprint density at radius 3 is 3.00 bits per heavy atom. The van der Waals surface area contributed by atoms with Gasteiger partial charge in [-0.2, -0.15) is 0 Å². The Kier molecular flexibility index (Phi) is 4.42. The van der Waals surface area contributed by atoms with Gasteiger partial charge in [0.05, 0.1) is 6.10 Å². The van der Waals surface area contributed by atoms with Crippen LogP contribution < -0.4 is 10.6 Å². The van der Waals surface area contributed by atoms with E-state index in [1.54, 1.807) is 0 Å². The molecule has 0 saturated carbocycles. The van der Waals surface area contributed by atoms with Crippen LogP contribution in [0.25, 0.3) is 11.3 Å². The molecule has 1 atom stereocenters. The van der Waals surface area contributed by atoms with Crippen molar-refractivity contribution in [3.63, 3.8) is 0 Å². The first-order valence-corrected chi connectivity index (χ1v) is 7.64. The minimum Gasteiger partial charge on any atom is -0.376 e. The van der Waals surface area contributed by atoms with Crippen LogP contribution in [0.2, 0.25) is 0 Å². The minimum atomic E-state index is -0.256. The molecule has 2 amide bonds. The van der Waals surface area contributed by atoms with Crippen molar-refractivity contribution >= 4 is 22.6 Å². The van der Waals surface area contributed by atoms with Crippen molar-refractivity contribution in [2.45, 2.75) is 18.9 Å². The van der Waals surface area contributed by atoms with Crippen molar-refractivity contribution in [2.24, 2.45) is 0 Å². The molecule has 2 aromatic rings. The van der Waals surface area contributed by atoms with E-state index in [4.69, 9.17) is 4.74 Å². The third kappa shape index (κ3) is 3.56. The Bertz CT molecular complexity index is 596. The highest BCUT2D eigenvalue weighted by Gasteiger charge is 2.17. The molecule has 6 nitrogen and oxygen atoms in total. The molecule has 0 spiro atoms. The molecule has 1 unspecified atom stereocenters. The van der Waals surface area contributed by atoms with Crippen molar-refractivity contribution < 1.29 is 9.53 Å². The lowest BCUT2D eigenvalue weighted by molar-refractivity contribution is 0.112. The Labute approximate surface area is 126 Å². The van der Waals surface area contributed by atoms with E-state index in [0.29, 0.717) is 17.2 Å². The molecule has 2 heterocycles. The zero-order valence-corrected chi connectivity index (χ0v) is 12.2. The second kappa shape index (κ2) is 6.64. The van der Waals surface area contributed by atoms with E-state index in [9.17, 15) is 4.79 Å². The first-order valence-electron chi connectivity index (χ1n) is 6.87. The van der Waals surface area contributed by atoms with Crippen LogP contribution in [0.3, 0.4) is 0 Å². The molecule has 0 aliphatic carbocycles. The van der Waals surface area contributed by atoms with E-state index in [1.165, 1.54) is 11.5 Å². The number of carbonyl (C=O) groups excluding carboxylic acids is 1. The molecule has 7 heteroatoms. The predicted molar refractivity (Wildman–Crippen MR) is 81.3 cm³/mol. The van der Waals surface area contributed by atoms with Gasteiger partial charge < -0.3 is 10.1 Å². The first kappa shape index (κ1) is 14.0. The smallest absolute Gasteiger partial charge is 0.320 e. The van der Waals surface area contributed by atoms with Gasteiger partial charge in [-0.3, -0.25) is 5.32 Å². The van der Waals surface area contributed by atoms with E-state index >= 15 is 0 Å². The summed E-state index contributed by atoms with van der Waals surface area (Å²) in [5.74, 6) is 0. The lowest BCUT2D eigenvalue weighted by atomic mass is 10.2. The van der Waals surface area contributed by atoms with E-state index < -0.39 is 0 Å². The fraction of sp³-hybridized carbons (Fsp3) is 0.357. The summed E-state index contributed by atoms with van der Waals surface area (Å²) in [5.41, 5.74) is 1.62. The van der Waals surface area contributed by atoms with Crippen LogP contribution in [0.4, 0.5) is 9.80 Å². The molecule has 2 N–H and O–H groups in total. The van der Waals surface area contributed by atoms with Gasteiger partial charge in [-0.1, -0.05) is 34.8 Å². The molecule has 0 bridgehead atoms. The molecule has 0 radical (unpaired) electrons. The number of benzene rings is 1. The van der Waals surface area contributed by atoms with Crippen molar-refractivity contribution in [2.75, 3.05) is 18.5 Å². The van der Waals surface area contributed by atoms with Gasteiger partial charge in [0.25, 0.3) is 0 Å². The van der Waals surface area contributed by atoms with Crippen LogP contribution in [-0.2, 0) is 4.74 Å². The van der Waals surface area contributed by atoms with Crippen molar-refractivity contribution in [1.82, 2.24) is 14.9 Å². The number of amides is 2. The monoisotopic (exact) mass is 304 g/mol. The quantitative estimate of drug-likeness (QED) is 0.910. The number of urea groups is 1. The van der Waals surface area contributed by atoms with Gasteiger partial charge in [-0.15, -0.1) is 5.10 Å². The highest BCUT2D eigenvalue weighted by atomic mass is 32.1. The Hall–Kier alpha value is -1.99. The second-order valence-electron chi connectivity index (χ2n) is 4.79. The lowest BCUT2D eigenvalue weighted by Gasteiger charge is -2.11. The summed E-state index contributed by atoms with van der Waals surface area (Å²) in [6.45, 7) is 1.31. The van der Waals surface area contributed by atoms with Gasteiger partial charge in [0.2, 0.25) is 0 Å². The Balaban J connectivity index is 1.60. The van der Waals surface area contributed by atoms with Crippen LogP contribution in [0.1, 0.15) is 12.8 Å². The van der Waals surface area contributed by atoms with Gasteiger partial charge in [0, 0.05) is 30.2 Å². The third-order valence-electron chi connectivity index (χ3n) is 3.28. The van der Waals surface area contributed by atoms with Crippen LogP contribution in [-0.4, -0.2) is 34.9 Å². The fourth-order valence-corrected chi connectivity index (χ4v) is 2.80. The molecule has 3 rings (SSSR count). The number of nitrogens with zero attached hydrogens (tertiary/aromatic N) is 2. The number of rotatable bonds is 4. The second-order valence-corrected chi connectivity index (χ2v) is 5.54. The summed E-state index contributed by atoms with van der Waals surface area (Å²) in [4.78, 5) is 11.9. The van der Waals surface area contributed by atoms with Crippen molar-refractivity contribution in [1.29, 1.82) is 0 Å². The number of ether oxygens (including phenoxy) is 1. The van der Waals surface area contributed by atoms with E-state index in [2.05, 4.69) is 20.2 Å². The molecular weight excluding hydrogens is 288 g/mol. The summed E-state index contributed by atoms with van der Waals surface area (Å²) in [5, 5.41) is 10.3. The van der Waals surface area contributed by atoms with Gasteiger partial charge in [0.1, 0.15) is 10.7 Å². The third-order valence-corrected chi connectivity index (χ3v) is 3.92. The molecule has 1 aliphatic rings. The zero-order chi connectivity index (χ0) is 14.5. The summed E-state index contributed by atoms with van der Waals surface area (Å²) in [6.07, 6.45) is 2.19. The molecule has 1 saturated heterocycles. The van der Waals surface area contributed by atoms with Crippen LogP contribution in [0.5, 0.6) is 0 Å². The Morgan fingerprint density at radius 2 is 2.24 bits per heavy atom. The van der Waals surface area contributed by atoms with Gasteiger partial charge in [0.15, 0.2) is 0 Å². The largest absolute Gasteiger partial charge is 0.376 e. The highest BCUT2D eigenvalue weighted by Crippen LogP contribution is 2.28. The van der Waals surface area contributed by atoms with Crippen LogP contribution >= 0.6 is 11.5 Å². The number of nitrogens with one attached hydrogen (secondary N) is 2. The van der Waals surface area contributed by atoms with E-state index in [1.807, 2.05) is 30.3 Å². The maximum absolute atomic E-state index is 11.9. The maximum atomic E-state index is 11.9. The average Bonchev–Trinajstić information content (AvgIpc) is 3.17. The summed E-state index contributed by atoms with van der Waals surface area (Å²) in [7, 11) is 0. The minimum absolute atomic E-state index is 0.129. The average molecular weight is 304 g/mol. The standard InChI is InChI=1S/C14H16N4O2S/c19-14(15-9-11-7-4-8-20-11)16-13-12(17-18-21-13)10-5-2-1-3-6-10/h1-3,5-6,11H,4,7-9H2,(H2,15,16,19). The van der Waals surface area contributed by atoms with Crippen molar-refractivity contribution in [3.05, 3.63) is 30.3 Å². The fourth-order valence-electron chi connectivity index (χ4n) is 2.22. The number of hydrogen-bond acceptors (Lipinski definition) is 5. The molecule has 1 aliphatic heterocycles.